The zero-order chi connectivity index (χ0) is 12.8. The highest BCUT2D eigenvalue weighted by Crippen LogP contribution is 2.25. The summed E-state index contributed by atoms with van der Waals surface area (Å²) < 4.78 is 10.7. The number of benzene rings is 1. The number of ether oxygens (including phenoxy) is 2. The van der Waals surface area contributed by atoms with Gasteiger partial charge in [-0.05, 0) is 31.0 Å². The van der Waals surface area contributed by atoms with Crippen LogP contribution in [0, 0.1) is 0 Å². The molecule has 108 valence electrons. The van der Waals surface area contributed by atoms with Gasteiger partial charge < -0.3 is 14.8 Å². The van der Waals surface area contributed by atoms with Gasteiger partial charge in [-0.1, -0.05) is 19.3 Å². The summed E-state index contributed by atoms with van der Waals surface area (Å²) in [6.45, 7) is 0.852. The van der Waals surface area contributed by atoms with E-state index >= 15 is 0 Å². The van der Waals surface area contributed by atoms with Gasteiger partial charge in [0.05, 0.1) is 14.2 Å². The van der Waals surface area contributed by atoms with Crippen molar-refractivity contribution in [3.8, 4) is 11.5 Å². The second-order valence-electron chi connectivity index (χ2n) is 4.89. The summed E-state index contributed by atoms with van der Waals surface area (Å²) in [6.07, 6.45) is 6.69. The molecule has 1 aromatic carbocycles. The van der Waals surface area contributed by atoms with E-state index in [1.54, 1.807) is 14.2 Å². The third kappa shape index (κ3) is 4.69. The molecule has 19 heavy (non-hydrogen) atoms. The number of methoxy groups -OCH3 is 2. The van der Waals surface area contributed by atoms with Crippen LogP contribution in [-0.4, -0.2) is 20.3 Å². The maximum Gasteiger partial charge on any atom is 0.123 e. The van der Waals surface area contributed by atoms with Crippen LogP contribution in [0.1, 0.15) is 37.7 Å². The van der Waals surface area contributed by atoms with Gasteiger partial charge in [-0.15, -0.1) is 17.0 Å². The van der Waals surface area contributed by atoms with E-state index in [1.165, 1.54) is 37.7 Å². The van der Waals surface area contributed by atoms with Gasteiger partial charge >= 0.3 is 0 Å². The summed E-state index contributed by atoms with van der Waals surface area (Å²) in [7, 11) is 3.41. The Hall–Kier alpha value is -0.740. The van der Waals surface area contributed by atoms with Gasteiger partial charge in [-0.25, -0.2) is 0 Å². The minimum Gasteiger partial charge on any atom is -0.497 e. The van der Waals surface area contributed by atoms with Crippen molar-refractivity contribution in [1.82, 2.24) is 5.32 Å². The molecule has 4 heteroatoms. The SMILES string of the molecule is Br.COc1ccc(OC)c(CNC2CCCCC2)c1. The van der Waals surface area contributed by atoms with Crippen molar-refractivity contribution in [2.24, 2.45) is 0 Å². The molecule has 0 aromatic heterocycles. The van der Waals surface area contributed by atoms with Crippen molar-refractivity contribution in [3.05, 3.63) is 23.8 Å². The Labute approximate surface area is 126 Å². The normalized spacial score (nSPS) is 15.7. The molecule has 0 heterocycles. The van der Waals surface area contributed by atoms with Crippen molar-refractivity contribution in [3.63, 3.8) is 0 Å². The van der Waals surface area contributed by atoms with Crippen LogP contribution in [-0.2, 0) is 6.54 Å². The van der Waals surface area contributed by atoms with Crippen LogP contribution in [0.2, 0.25) is 0 Å². The Morgan fingerprint density at radius 2 is 1.84 bits per heavy atom. The minimum absolute atomic E-state index is 0. The zero-order valence-corrected chi connectivity index (χ0v) is 13.5. The quantitative estimate of drug-likeness (QED) is 0.893. The van der Waals surface area contributed by atoms with Gasteiger partial charge in [0.15, 0.2) is 0 Å². The van der Waals surface area contributed by atoms with Crippen LogP contribution in [0.25, 0.3) is 0 Å². The lowest BCUT2D eigenvalue weighted by molar-refractivity contribution is 0.363. The molecule has 1 fully saturated rings. The number of halogens is 1. The standard InChI is InChI=1S/C15H23NO2.BrH/c1-17-14-8-9-15(18-2)12(10-14)11-16-13-6-4-3-5-7-13;/h8-10,13,16H,3-7,11H2,1-2H3;1H. The molecule has 1 aliphatic rings. The molecule has 0 bridgehead atoms. The van der Waals surface area contributed by atoms with Crippen LogP contribution in [0.15, 0.2) is 18.2 Å². The molecule has 0 unspecified atom stereocenters. The van der Waals surface area contributed by atoms with E-state index < -0.39 is 0 Å². The Kier molecular flexibility index (Phi) is 7.24. The van der Waals surface area contributed by atoms with Gasteiger partial charge in [0, 0.05) is 18.2 Å². The van der Waals surface area contributed by atoms with Crippen LogP contribution in [0.4, 0.5) is 0 Å². The predicted molar refractivity (Wildman–Crippen MR) is 83.6 cm³/mol. The second-order valence-corrected chi connectivity index (χ2v) is 4.89. The van der Waals surface area contributed by atoms with E-state index in [9.17, 15) is 0 Å². The number of hydrogen-bond acceptors (Lipinski definition) is 3. The van der Waals surface area contributed by atoms with E-state index in [2.05, 4.69) is 11.4 Å². The van der Waals surface area contributed by atoms with Gasteiger partial charge in [0.2, 0.25) is 0 Å². The van der Waals surface area contributed by atoms with Gasteiger partial charge in [0.25, 0.3) is 0 Å². The molecule has 1 saturated carbocycles. The first-order valence-corrected chi connectivity index (χ1v) is 6.78. The topological polar surface area (TPSA) is 30.5 Å². The maximum absolute atomic E-state index is 5.39. The van der Waals surface area contributed by atoms with E-state index in [1.807, 2.05) is 12.1 Å². The molecule has 0 spiro atoms. The third-order valence-electron chi connectivity index (χ3n) is 3.67. The summed E-state index contributed by atoms with van der Waals surface area (Å²) in [6, 6.07) is 6.61. The number of nitrogens with one attached hydrogen (secondary N) is 1. The molecule has 0 amide bonds. The highest BCUT2D eigenvalue weighted by atomic mass is 79.9. The molecule has 1 aromatic rings. The molecule has 0 atom stereocenters. The molecule has 1 aliphatic carbocycles. The lowest BCUT2D eigenvalue weighted by atomic mass is 9.95. The number of rotatable bonds is 5. The van der Waals surface area contributed by atoms with E-state index in [0.29, 0.717) is 6.04 Å². The summed E-state index contributed by atoms with van der Waals surface area (Å²) >= 11 is 0. The summed E-state index contributed by atoms with van der Waals surface area (Å²) in [5, 5.41) is 3.63. The first-order chi connectivity index (χ1) is 8.83. The second kappa shape index (κ2) is 8.43. The van der Waals surface area contributed by atoms with E-state index in [4.69, 9.17) is 9.47 Å². The first kappa shape index (κ1) is 16.3. The predicted octanol–water partition coefficient (Wildman–Crippen LogP) is 3.70. The summed E-state index contributed by atoms with van der Waals surface area (Å²) in [4.78, 5) is 0. The molecule has 0 radical (unpaired) electrons. The largest absolute Gasteiger partial charge is 0.497 e. The molecule has 2 rings (SSSR count). The summed E-state index contributed by atoms with van der Waals surface area (Å²) in [5.74, 6) is 1.82. The van der Waals surface area contributed by atoms with Crippen LogP contribution >= 0.6 is 17.0 Å². The van der Waals surface area contributed by atoms with E-state index in [0.717, 1.165) is 18.0 Å². The average molecular weight is 330 g/mol. The smallest absolute Gasteiger partial charge is 0.123 e. The third-order valence-corrected chi connectivity index (χ3v) is 3.67. The Morgan fingerprint density at radius 3 is 2.47 bits per heavy atom. The fraction of sp³-hybridized carbons (Fsp3) is 0.600. The first-order valence-electron chi connectivity index (χ1n) is 6.78. The molecule has 0 aliphatic heterocycles. The van der Waals surface area contributed by atoms with Crippen LogP contribution in [0.5, 0.6) is 11.5 Å². The van der Waals surface area contributed by atoms with Crippen molar-refractivity contribution >= 4 is 17.0 Å². The van der Waals surface area contributed by atoms with E-state index in [-0.39, 0.29) is 17.0 Å². The molecular formula is C15H24BrNO2. The minimum atomic E-state index is 0. The van der Waals surface area contributed by atoms with Crippen LogP contribution < -0.4 is 14.8 Å². The zero-order valence-electron chi connectivity index (χ0n) is 11.8. The molecule has 1 N–H and O–H groups in total. The fourth-order valence-electron chi connectivity index (χ4n) is 2.58. The number of hydrogen-bond donors (Lipinski definition) is 1. The Morgan fingerprint density at radius 1 is 1.11 bits per heavy atom. The van der Waals surface area contributed by atoms with Crippen molar-refractivity contribution in [2.45, 2.75) is 44.7 Å². The van der Waals surface area contributed by atoms with Crippen molar-refractivity contribution in [2.75, 3.05) is 14.2 Å². The van der Waals surface area contributed by atoms with Crippen LogP contribution in [0.3, 0.4) is 0 Å². The van der Waals surface area contributed by atoms with Crippen molar-refractivity contribution < 1.29 is 9.47 Å². The van der Waals surface area contributed by atoms with Crippen molar-refractivity contribution in [1.29, 1.82) is 0 Å². The molecular weight excluding hydrogens is 306 g/mol. The highest BCUT2D eigenvalue weighted by Gasteiger charge is 2.13. The lowest BCUT2D eigenvalue weighted by Gasteiger charge is -2.23. The Balaban J connectivity index is 0.00000180. The monoisotopic (exact) mass is 329 g/mol. The highest BCUT2D eigenvalue weighted by molar-refractivity contribution is 8.93. The summed E-state index contributed by atoms with van der Waals surface area (Å²) in [5.41, 5.74) is 1.17. The maximum atomic E-state index is 5.39. The molecule has 0 saturated heterocycles. The lowest BCUT2D eigenvalue weighted by Crippen LogP contribution is -2.30. The van der Waals surface area contributed by atoms with Gasteiger partial charge in [0.1, 0.15) is 11.5 Å². The van der Waals surface area contributed by atoms with Gasteiger partial charge in [-0.3, -0.25) is 0 Å². The van der Waals surface area contributed by atoms with Gasteiger partial charge in [-0.2, -0.15) is 0 Å². The molecule has 3 nitrogen and oxygen atoms in total. The Bertz CT molecular complexity index is 378. The average Bonchev–Trinajstić information content (AvgIpc) is 2.45. The fourth-order valence-corrected chi connectivity index (χ4v) is 2.58.